The minimum Gasteiger partial charge on any atom is -0.493 e. The number of esters is 1. The van der Waals surface area contributed by atoms with Gasteiger partial charge in [-0.2, -0.15) is 8.42 Å². The van der Waals surface area contributed by atoms with Gasteiger partial charge in [0.1, 0.15) is 11.0 Å². The molecule has 150 valence electrons. The molecule has 28 heavy (non-hydrogen) atoms. The van der Waals surface area contributed by atoms with E-state index < -0.39 is 22.2 Å². The van der Waals surface area contributed by atoms with Crippen molar-refractivity contribution in [1.82, 2.24) is 0 Å². The predicted octanol–water partition coefficient (Wildman–Crippen LogP) is 3.96. The molecule has 0 heterocycles. The van der Waals surface area contributed by atoms with Gasteiger partial charge in [0.15, 0.2) is 11.5 Å². The smallest absolute Gasteiger partial charge is 0.339 e. The van der Waals surface area contributed by atoms with Gasteiger partial charge in [-0.25, -0.2) is 0 Å². The lowest BCUT2D eigenvalue weighted by atomic mass is 10.1. The van der Waals surface area contributed by atoms with E-state index in [1.165, 1.54) is 32.2 Å². The molecule has 0 unspecified atom stereocenters. The fourth-order valence-corrected chi connectivity index (χ4v) is 3.39. The van der Waals surface area contributed by atoms with Gasteiger partial charge >= 0.3 is 16.1 Å². The summed E-state index contributed by atoms with van der Waals surface area (Å²) in [6.07, 6.45) is 2.76. The molecule has 6 nitrogen and oxygen atoms in total. The van der Waals surface area contributed by atoms with Gasteiger partial charge in [0, 0.05) is 6.92 Å². The van der Waals surface area contributed by atoms with Crippen molar-refractivity contribution < 1.29 is 26.9 Å². The van der Waals surface area contributed by atoms with Crippen LogP contribution in [0.25, 0.3) is 6.08 Å². The highest BCUT2D eigenvalue weighted by Gasteiger charge is 2.19. The van der Waals surface area contributed by atoms with Crippen LogP contribution in [0.3, 0.4) is 0 Å². The highest BCUT2D eigenvalue weighted by Crippen LogP contribution is 2.31. The summed E-state index contributed by atoms with van der Waals surface area (Å²) in [6.45, 7) is 3.17. The van der Waals surface area contributed by atoms with E-state index in [9.17, 15) is 13.2 Å². The van der Waals surface area contributed by atoms with E-state index in [0.717, 1.165) is 5.56 Å². The second-order valence-electron chi connectivity index (χ2n) is 5.92. The van der Waals surface area contributed by atoms with E-state index in [1.807, 2.05) is 6.92 Å². The SMILES string of the molecule is COc1cc(/C=C/[C@@H](CCl)OC(C)=O)ccc1OS(=O)(=O)c1ccc(C)cc1. The van der Waals surface area contributed by atoms with E-state index in [-0.39, 0.29) is 22.3 Å². The first-order chi connectivity index (χ1) is 13.2. The molecular formula is C20H21ClO6S. The molecule has 0 saturated carbocycles. The Labute approximate surface area is 169 Å². The summed E-state index contributed by atoms with van der Waals surface area (Å²) < 4.78 is 40.5. The Morgan fingerprint density at radius 3 is 2.39 bits per heavy atom. The third kappa shape index (κ3) is 6.00. The van der Waals surface area contributed by atoms with Crippen molar-refractivity contribution >= 4 is 33.8 Å². The molecule has 0 saturated heterocycles. The lowest BCUT2D eigenvalue weighted by Gasteiger charge is -2.12. The highest BCUT2D eigenvalue weighted by atomic mass is 35.5. The van der Waals surface area contributed by atoms with Crippen molar-refractivity contribution in [2.75, 3.05) is 13.0 Å². The molecule has 0 aliphatic rings. The Bertz CT molecular complexity index is 951. The van der Waals surface area contributed by atoms with Crippen LogP contribution in [0.5, 0.6) is 11.5 Å². The van der Waals surface area contributed by atoms with Crippen LogP contribution in [0.4, 0.5) is 0 Å². The van der Waals surface area contributed by atoms with Gasteiger partial charge in [-0.1, -0.05) is 29.8 Å². The normalized spacial score (nSPS) is 12.6. The van der Waals surface area contributed by atoms with E-state index in [2.05, 4.69) is 0 Å². The Kier molecular flexibility index (Phi) is 7.48. The van der Waals surface area contributed by atoms with E-state index >= 15 is 0 Å². The first kappa shape index (κ1) is 21.8. The molecule has 0 fully saturated rings. The third-order valence-electron chi connectivity index (χ3n) is 3.67. The van der Waals surface area contributed by atoms with Gasteiger partial charge in [-0.15, -0.1) is 11.6 Å². The van der Waals surface area contributed by atoms with Crippen molar-refractivity contribution in [1.29, 1.82) is 0 Å². The summed E-state index contributed by atoms with van der Waals surface area (Å²) in [6, 6.07) is 11.1. The Morgan fingerprint density at radius 1 is 1.14 bits per heavy atom. The molecule has 0 aliphatic heterocycles. The summed E-state index contributed by atoms with van der Waals surface area (Å²) in [5.74, 6) is -0.0109. The molecule has 0 radical (unpaired) electrons. The Morgan fingerprint density at radius 2 is 1.82 bits per heavy atom. The number of carbonyl (C=O) groups is 1. The van der Waals surface area contributed by atoms with Gasteiger partial charge in [0.25, 0.3) is 0 Å². The largest absolute Gasteiger partial charge is 0.493 e. The van der Waals surface area contributed by atoms with Crippen LogP contribution in [0.1, 0.15) is 18.1 Å². The minimum absolute atomic E-state index is 0.0514. The Balaban J connectivity index is 2.23. The quantitative estimate of drug-likeness (QED) is 0.362. The first-order valence-corrected chi connectivity index (χ1v) is 10.3. The maximum atomic E-state index is 12.5. The van der Waals surface area contributed by atoms with Crippen LogP contribution in [-0.4, -0.2) is 33.5 Å². The van der Waals surface area contributed by atoms with Crippen LogP contribution < -0.4 is 8.92 Å². The number of hydrogen-bond acceptors (Lipinski definition) is 6. The number of hydrogen-bond donors (Lipinski definition) is 0. The zero-order valence-electron chi connectivity index (χ0n) is 15.7. The summed E-state index contributed by atoms with van der Waals surface area (Å²) in [4.78, 5) is 11.1. The van der Waals surface area contributed by atoms with E-state index in [1.54, 1.807) is 36.4 Å². The average Bonchev–Trinajstić information content (AvgIpc) is 2.65. The number of methoxy groups -OCH3 is 1. The maximum Gasteiger partial charge on any atom is 0.339 e. The number of benzene rings is 2. The van der Waals surface area contributed by atoms with Crippen LogP contribution in [0.2, 0.25) is 0 Å². The standard InChI is InChI=1S/C20H21ClO6S/c1-14-4-9-18(10-5-14)28(23,24)27-19-11-7-16(12-20(19)25-3)6-8-17(13-21)26-15(2)22/h4-12,17H,13H2,1-3H3/b8-6+/t17-/m0/s1. The van der Waals surface area contributed by atoms with Gasteiger partial charge in [-0.05, 0) is 42.8 Å². The molecule has 2 aromatic carbocycles. The number of carbonyl (C=O) groups excluding carboxylic acids is 1. The van der Waals surface area contributed by atoms with Crippen LogP contribution in [-0.2, 0) is 19.6 Å². The summed E-state index contributed by atoms with van der Waals surface area (Å²) in [5.41, 5.74) is 1.64. The number of rotatable bonds is 8. The Hall–Kier alpha value is -2.51. The molecule has 0 bridgehead atoms. The molecular weight excluding hydrogens is 404 g/mol. The fraction of sp³-hybridized carbons (Fsp3) is 0.250. The number of halogens is 1. The third-order valence-corrected chi connectivity index (χ3v) is 5.22. The van der Waals surface area contributed by atoms with Crippen LogP contribution in [0.15, 0.2) is 53.4 Å². The predicted molar refractivity (Wildman–Crippen MR) is 107 cm³/mol. The van der Waals surface area contributed by atoms with Gasteiger partial charge in [0.2, 0.25) is 0 Å². The number of alkyl halides is 1. The minimum atomic E-state index is -3.99. The molecule has 0 amide bonds. The van der Waals surface area contributed by atoms with Crippen molar-refractivity contribution in [3.8, 4) is 11.5 Å². The second-order valence-corrected chi connectivity index (χ2v) is 7.78. The molecule has 8 heteroatoms. The second kappa shape index (κ2) is 9.61. The van der Waals surface area contributed by atoms with Crippen LogP contribution >= 0.6 is 11.6 Å². The monoisotopic (exact) mass is 424 g/mol. The highest BCUT2D eigenvalue weighted by molar-refractivity contribution is 7.87. The first-order valence-electron chi connectivity index (χ1n) is 8.35. The summed E-state index contributed by atoms with van der Waals surface area (Å²) in [5, 5.41) is 0. The van der Waals surface area contributed by atoms with Crippen molar-refractivity contribution in [3.05, 3.63) is 59.7 Å². The molecule has 0 aliphatic carbocycles. The molecule has 0 N–H and O–H groups in total. The lowest BCUT2D eigenvalue weighted by molar-refractivity contribution is -0.143. The average molecular weight is 425 g/mol. The summed E-state index contributed by atoms with van der Waals surface area (Å²) in [7, 11) is -2.58. The van der Waals surface area contributed by atoms with Gasteiger partial charge in [-0.3, -0.25) is 4.79 Å². The molecule has 0 aromatic heterocycles. The maximum absolute atomic E-state index is 12.5. The zero-order chi connectivity index (χ0) is 20.7. The van der Waals surface area contributed by atoms with Crippen molar-refractivity contribution in [2.45, 2.75) is 24.8 Å². The number of aryl methyl sites for hydroxylation is 1. The zero-order valence-corrected chi connectivity index (χ0v) is 17.3. The molecule has 2 rings (SSSR count). The number of ether oxygens (including phenoxy) is 2. The summed E-state index contributed by atoms with van der Waals surface area (Å²) >= 11 is 5.76. The molecule has 2 aromatic rings. The molecule has 0 spiro atoms. The van der Waals surface area contributed by atoms with Gasteiger partial charge in [0.05, 0.1) is 13.0 Å². The van der Waals surface area contributed by atoms with E-state index in [4.69, 9.17) is 25.3 Å². The topological polar surface area (TPSA) is 78.9 Å². The van der Waals surface area contributed by atoms with E-state index in [0.29, 0.717) is 5.56 Å². The lowest BCUT2D eigenvalue weighted by Crippen LogP contribution is -2.14. The van der Waals surface area contributed by atoms with Crippen molar-refractivity contribution in [3.63, 3.8) is 0 Å². The fourth-order valence-electron chi connectivity index (χ4n) is 2.28. The van der Waals surface area contributed by atoms with Crippen LogP contribution in [0, 0.1) is 6.92 Å². The van der Waals surface area contributed by atoms with Gasteiger partial charge < -0.3 is 13.7 Å². The molecule has 1 atom stereocenters. The van der Waals surface area contributed by atoms with Crippen molar-refractivity contribution in [2.24, 2.45) is 0 Å².